The number of amides is 1. The number of carbonyl (C=O) groups is 1. The summed E-state index contributed by atoms with van der Waals surface area (Å²) < 4.78 is 29.1. The van der Waals surface area contributed by atoms with E-state index in [1.165, 1.54) is 6.92 Å². The third kappa shape index (κ3) is 5.95. The van der Waals surface area contributed by atoms with E-state index in [1.54, 1.807) is 0 Å². The molecular formula is C20H35NO11. The van der Waals surface area contributed by atoms with Gasteiger partial charge in [-0.25, -0.2) is 0 Å². The molecule has 186 valence electrons. The van der Waals surface area contributed by atoms with E-state index in [-0.39, 0.29) is 19.1 Å². The second-order valence-corrected chi connectivity index (χ2v) is 8.34. The highest BCUT2D eigenvalue weighted by molar-refractivity contribution is 5.72. The molecule has 32 heavy (non-hydrogen) atoms. The van der Waals surface area contributed by atoms with Crippen molar-refractivity contribution in [3.05, 3.63) is 0 Å². The van der Waals surface area contributed by atoms with Crippen LogP contribution in [-0.4, -0.2) is 126 Å². The molecule has 12 heteroatoms. The Morgan fingerprint density at radius 3 is 2.41 bits per heavy atom. The highest BCUT2D eigenvalue weighted by atomic mass is 16.7. The average Bonchev–Trinajstić information content (AvgIpc) is 2.79. The third-order valence-corrected chi connectivity index (χ3v) is 6.00. The molecule has 0 saturated carbocycles. The predicted molar refractivity (Wildman–Crippen MR) is 106 cm³/mol. The van der Waals surface area contributed by atoms with Crippen molar-refractivity contribution in [1.82, 2.24) is 5.32 Å². The molecule has 6 heterocycles. The summed E-state index contributed by atoms with van der Waals surface area (Å²) in [5.74, 6) is -0.171. The second-order valence-electron chi connectivity index (χ2n) is 8.34. The van der Waals surface area contributed by atoms with E-state index in [1.807, 2.05) is 0 Å². The lowest BCUT2D eigenvalue weighted by molar-refractivity contribution is -0.348. The fraction of sp³-hybridized carbons (Fsp3) is 0.950. The van der Waals surface area contributed by atoms with Gasteiger partial charge in [0.25, 0.3) is 0 Å². The Labute approximate surface area is 186 Å². The minimum Gasteiger partial charge on any atom is -0.394 e. The molecule has 6 aliphatic rings. The zero-order chi connectivity index (χ0) is 23.3. The Kier molecular flexibility index (Phi) is 9.61. The first-order valence-corrected chi connectivity index (χ1v) is 11.1. The Balaban J connectivity index is 1.80. The van der Waals surface area contributed by atoms with E-state index >= 15 is 0 Å². The van der Waals surface area contributed by atoms with Crippen molar-refractivity contribution in [3.63, 3.8) is 0 Å². The molecule has 6 aliphatic heterocycles. The number of carbonyl (C=O) groups excluding carboxylic acids is 1. The van der Waals surface area contributed by atoms with Gasteiger partial charge in [0.2, 0.25) is 5.91 Å². The quantitative estimate of drug-likeness (QED) is 0.212. The Bertz CT molecular complexity index is 594. The monoisotopic (exact) mass is 465 g/mol. The molecule has 4 bridgehead atoms. The SMILES string of the molecule is CC(=O)NCCCO[C@H]1[C@H]2OC3[C@@H](CO)O[C@H](CCCO[C@@H]([C@@H]1O)[C@@H](CO)O2)[C@H](O)[C@H]3O. The van der Waals surface area contributed by atoms with Crippen LogP contribution in [0.1, 0.15) is 26.2 Å². The van der Waals surface area contributed by atoms with Gasteiger partial charge in [-0.15, -0.1) is 0 Å². The molecule has 6 rings (SSSR count). The summed E-state index contributed by atoms with van der Waals surface area (Å²) in [6.07, 6.45) is -9.53. The van der Waals surface area contributed by atoms with Crippen molar-refractivity contribution < 1.29 is 54.0 Å². The molecule has 0 spiro atoms. The Morgan fingerprint density at radius 2 is 1.72 bits per heavy atom. The van der Waals surface area contributed by atoms with E-state index in [2.05, 4.69) is 5.32 Å². The zero-order valence-corrected chi connectivity index (χ0v) is 18.1. The number of ether oxygens (including phenoxy) is 5. The van der Waals surface area contributed by atoms with Crippen LogP contribution in [0.3, 0.4) is 0 Å². The number of hydrogen-bond donors (Lipinski definition) is 6. The van der Waals surface area contributed by atoms with Crippen molar-refractivity contribution in [1.29, 1.82) is 0 Å². The Hall–Kier alpha value is -0.930. The Morgan fingerprint density at radius 1 is 1.00 bits per heavy atom. The van der Waals surface area contributed by atoms with Gasteiger partial charge >= 0.3 is 0 Å². The summed E-state index contributed by atoms with van der Waals surface area (Å²) in [5, 5.41) is 54.4. The van der Waals surface area contributed by atoms with Crippen molar-refractivity contribution in [2.24, 2.45) is 0 Å². The van der Waals surface area contributed by atoms with Crippen LogP contribution in [0.25, 0.3) is 0 Å². The lowest BCUT2D eigenvalue weighted by Gasteiger charge is -2.47. The van der Waals surface area contributed by atoms with Gasteiger partial charge in [0.05, 0.1) is 19.3 Å². The van der Waals surface area contributed by atoms with Gasteiger partial charge in [-0.1, -0.05) is 0 Å². The van der Waals surface area contributed by atoms with E-state index in [9.17, 15) is 30.3 Å². The van der Waals surface area contributed by atoms with Gasteiger partial charge in [-0.2, -0.15) is 0 Å². The summed E-state index contributed by atoms with van der Waals surface area (Å²) in [6, 6.07) is 0. The van der Waals surface area contributed by atoms with Crippen LogP contribution < -0.4 is 5.32 Å². The summed E-state index contributed by atoms with van der Waals surface area (Å²) >= 11 is 0. The van der Waals surface area contributed by atoms with Crippen LogP contribution in [0.15, 0.2) is 0 Å². The van der Waals surface area contributed by atoms with Gasteiger partial charge in [0, 0.05) is 26.7 Å². The first-order chi connectivity index (χ1) is 15.4. The lowest BCUT2D eigenvalue weighted by atomic mass is 9.92. The zero-order valence-electron chi connectivity index (χ0n) is 18.1. The number of rotatable bonds is 7. The van der Waals surface area contributed by atoms with E-state index in [4.69, 9.17) is 23.7 Å². The van der Waals surface area contributed by atoms with Crippen LogP contribution in [0.4, 0.5) is 0 Å². The molecule has 0 aromatic rings. The van der Waals surface area contributed by atoms with E-state index in [0.29, 0.717) is 25.8 Å². The van der Waals surface area contributed by atoms with Crippen molar-refractivity contribution in [3.8, 4) is 0 Å². The molecule has 1 amide bonds. The maximum absolute atomic E-state index is 11.0. The molecule has 0 aromatic carbocycles. The topological polar surface area (TPSA) is 176 Å². The molecule has 0 aromatic heterocycles. The summed E-state index contributed by atoms with van der Waals surface area (Å²) in [4.78, 5) is 11.0. The first-order valence-electron chi connectivity index (χ1n) is 11.1. The van der Waals surface area contributed by atoms with Crippen LogP contribution >= 0.6 is 0 Å². The van der Waals surface area contributed by atoms with Crippen LogP contribution in [0.5, 0.6) is 0 Å². The molecule has 0 aliphatic carbocycles. The fourth-order valence-corrected chi connectivity index (χ4v) is 4.32. The summed E-state index contributed by atoms with van der Waals surface area (Å²) in [5.41, 5.74) is 0. The van der Waals surface area contributed by atoms with Crippen molar-refractivity contribution >= 4 is 5.91 Å². The normalized spacial score (nSPS) is 42.7. The summed E-state index contributed by atoms with van der Waals surface area (Å²) in [6.45, 7) is 1.19. The molecule has 6 N–H and O–H groups in total. The van der Waals surface area contributed by atoms with E-state index in [0.717, 1.165) is 0 Å². The molecule has 6 saturated heterocycles. The fourth-order valence-electron chi connectivity index (χ4n) is 4.32. The van der Waals surface area contributed by atoms with Crippen LogP contribution in [0.2, 0.25) is 0 Å². The molecule has 10 atom stereocenters. The van der Waals surface area contributed by atoms with Crippen LogP contribution in [0, 0.1) is 0 Å². The third-order valence-electron chi connectivity index (χ3n) is 6.00. The van der Waals surface area contributed by atoms with Gasteiger partial charge in [-0.3, -0.25) is 4.79 Å². The molecule has 0 radical (unpaired) electrons. The highest BCUT2D eigenvalue weighted by Crippen LogP contribution is 2.33. The second kappa shape index (κ2) is 12.0. The summed E-state index contributed by atoms with van der Waals surface area (Å²) in [7, 11) is 0. The van der Waals surface area contributed by atoms with Gasteiger partial charge in [0.15, 0.2) is 6.29 Å². The number of aliphatic hydroxyl groups is 5. The van der Waals surface area contributed by atoms with E-state index < -0.39 is 74.4 Å². The van der Waals surface area contributed by atoms with Gasteiger partial charge < -0.3 is 54.5 Å². The van der Waals surface area contributed by atoms with Crippen molar-refractivity contribution in [2.75, 3.05) is 33.0 Å². The average molecular weight is 465 g/mol. The molecule has 6 fully saturated rings. The minimum absolute atomic E-state index is 0.152. The lowest BCUT2D eigenvalue weighted by Crippen LogP contribution is -2.65. The predicted octanol–water partition coefficient (Wildman–Crippen LogP) is -2.98. The highest BCUT2D eigenvalue weighted by Gasteiger charge is 2.52. The smallest absolute Gasteiger partial charge is 0.216 e. The number of aliphatic hydroxyl groups excluding tert-OH is 5. The van der Waals surface area contributed by atoms with Gasteiger partial charge in [-0.05, 0) is 19.3 Å². The van der Waals surface area contributed by atoms with Crippen LogP contribution in [-0.2, 0) is 28.5 Å². The first kappa shape index (κ1) is 25.7. The minimum atomic E-state index is -1.38. The molecule has 12 nitrogen and oxygen atoms in total. The number of nitrogens with one attached hydrogen (secondary N) is 1. The van der Waals surface area contributed by atoms with Crippen molar-refractivity contribution in [2.45, 2.75) is 87.4 Å². The standard InChI is InChI=1S/C20H35NO11/c1-10(24)21-5-3-7-29-19-16(27)17-12(8-22)31-20(19)32-18-13(9-23)30-11(4-2-6-28-17)14(25)15(18)26/h11-20,22-23,25-27H,2-9H2,1H3,(H,21,24)/t11-,12-,13-,14+,15-,16+,17-,18?,19-,20-/m1/s1. The maximum atomic E-state index is 11.0. The maximum Gasteiger partial charge on any atom is 0.216 e. The molecular weight excluding hydrogens is 430 g/mol. The van der Waals surface area contributed by atoms with Gasteiger partial charge in [0.1, 0.15) is 48.8 Å². The number of hydrogen-bond acceptors (Lipinski definition) is 11. The molecule has 1 unspecified atom stereocenters. The largest absolute Gasteiger partial charge is 0.394 e.